The lowest BCUT2D eigenvalue weighted by Crippen LogP contribution is -2.36. The molecule has 0 aromatic rings. The molecule has 0 bridgehead atoms. The fourth-order valence-electron chi connectivity index (χ4n) is 1.68. The number of hydrogen-bond donors (Lipinski definition) is 2. The van der Waals surface area contributed by atoms with Crippen LogP contribution in [0.5, 0.6) is 0 Å². The lowest BCUT2D eigenvalue weighted by atomic mass is 10.3. The summed E-state index contributed by atoms with van der Waals surface area (Å²) in [5.41, 5.74) is 0. The van der Waals surface area contributed by atoms with Crippen molar-refractivity contribution in [3.8, 4) is 0 Å². The lowest BCUT2D eigenvalue weighted by Gasteiger charge is -2.17. The molecule has 1 aliphatic carbocycles. The maximum atomic E-state index is 11.3. The summed E-state index contributed by atoms with van der Waals surface area (Å²) >= 11 is 0. The minimum absolute atomic E-state index is 0.144. The summed E-state index contributed by atoms with van der Waals surface area (Å²) in [4.78, 5) is 13.7. The van der Waals surface area contributed by atoms with Gasteiger partial charge in [-0.2, -0.15) is 0 Å². The van der Waals surface area contributed by atoms with Gasteiger partial charge in [0.05, 0.1) is 6.54 Å². The van der Waals surface area contributed by atoms with Crippen molar-refractivity contribution in [1.29, 1.82) is 0 Å². The molecule has 0 unspecified atom stereocenters. The van der Waals surface area contributed by atoms with E-state index >= 15 is 0 Å². The molecule has 94 valence electrons. The Bertz CT molecular complexity index is 200. The first-order chi connectivity index (χ1) is 7.76. The second-order valence-corrected chi connectivity index (χ2v) is 4.40. The summed E-state index contributed by atoms with van der Waals surface area (Å²) in [6.45, 7) is 9.09. The van der Waals surface area contributed by atoms with E-state index in [1.807, 2.05) is 0 Å². The molecule has 0 spiro atoms. The normalized spacial score (nSPS) is 15.4. The Morgan fingerprint density at radius 2 is 2.00 bits per heavy atom. The standard InChI is InChI=1S/C12H25N3O/c1-3-15(4-2)9-5-8-13-10-12(16)14-11-6-7-11/h11,13H,3-10H2,1-2H3,(H,14,16). The molecule has 0 heterocycles. The van der Waals surface area contributed by atoms with Crippen LogP contribution in [0.2, 0.25) is 0 Å². The van der Waals surface area contributed by atoms with Gasteiger partial charge in [-0.1, -0.05) is 13.8 Å². The highest BCUT2D eigenvalue weighted by molar-refractivity contribution is 5.78. The minimum atomic E-state index is 0.144. The van der Waals surface area contributed by atoms with Gasteiger partial charge in [0.15, 0.2) is 0 Å². The van der Waals surface area contributed by atoms with Crippen molar-refractivity contribution in [2.45, 2.75) is 39.2 Å². The first-order valence-corrected chi connectivity index (χ1v) is 6.48. The Kier molecular flexibility index (Phi) is 6.42. The fraction of sp³-hybridized carbons (Fsp3) is 0.917. The zero-order valence-electron chi connectivity index (χ0n) is 10.6. The molecular formula is C12H25N3O. The van der Waals surface area contributed by atoms with E-state index in [0.29, 0.717) is 12.6 Å². The highest BCUT2D eigenvalue weighted by Crippen LogP contribution is 2.18. The predicted molar refractivity (Wildman–Crippen MR) is 66.4 cm³/mol. The molecule has 0 radical (unpaired) electrons. The summed E-state index contributed by atoms with van der Waals surface area (Å²) in [6, 6.07) is 0.477. The van der Waals surface area contributed by atoms with Crippen molar-refractivity contribution in [3.05, 3.63) is 0 Å². The van der Waals surface area contributed by atoms with Gasteiger partial charge in [-0.25, -0.2) is 0 Å². The van der Waals surface area contributed by atoms with Crippen LogP contribution in [-0.4, -0.2) is 49.6 Å². The van der Waals surface area contributed by atoms with E-state index in [1.54, 1.807) is 0 Å². The molecule has 4 nitrogen and oxygen atoms in total. The lowest BCUT2D eigenvalue weighted by molar-refractivity contribution is -0.120. The van der Waals surface area contributed by atoms with Gasteiger partial charge >= 0.3 is 0 Å². The van der Waals surface area contributed by atoms with Gasteiger partial charge < -0.3 is 15.5 Å². The second-order valence-electron chi connectivity index (χ2n) is 4.40. The molecule has 0 aromatic carbocycles. The molecule has 1 rings (SSSR count). The number of nitrogens with zero attached hydrogens (tertiary/aromatic N) is 1. The molecule has 4 heteroatoms. The summed E-state index contributed by atoms with van der Waals surface area (Å²) in [5, 5.41) is 6.15. The molecular weight excluding hydrogens is 202 g/mol. The van der Waals surface area contributed by atoms with E-state index in [1.165, 1.54) is 0 Å². The van der Waals surface area contributed by atoms with Crippen molar-refractivity contribution < 1.29 is 4.79 Å². The quantitative estimate of drug-likeness (QED) is 0.567. The highest BCUT2D eigenvalue weighted by Gasteiger charge is 2.22. The van der Waals surface area contributed by atoms with Gasteiger partial charge in [0.1, 0.15) is 0 Å². The van der Waals surface area contributed by atoms with Crippen LogP contribution in [0.25, 0.3) is 0 Å². The van der Waals surface area contributed by atoms with E-state index in [4.69, 9.17) is 0 Å². The molecule has 0 saturated heterocycles. The van der Waals surface area contributed by atoms with Crippen molar-refractivity contribution in [2.24, 2.45) is 0 Å². The molecule has 1 amide bonds. The van der Waals surface area contributed by atoms with E-state index in [2.05, 4.69) is 29.4 Å². The smallest absolute Gasteiger partial charge is 0.234 e. The van der Waals surface area contributed by atoms with Crippen LogP contribution < -0.4 is 10.6 Å². The van der Waals surface area contributed by atoms with Crippen molar-refractivity contribution in [2.75, 3.05) is 32.7 Å². The van der Waals surface area contributed by atoms with Gasteiger partial charge in [0.2, 0.25) is 5.91 Å². The highest BCUT2D eigenvalue weighted by atomic mass is 16.2. The van der Waals surface area contributed by atoms with Crippen molar-refractivity contribution >= 4 is 5.91 Å². The number of carbonyl (C=O) groups is 1. The Morgan fingerprint density at radius 3 is 2.56 bits per heavy atom. The molecule has 16 heavy (non-hydrogen) atoms. The van der Waals surface area contributed by atoms with Crippen LogP contribution in [0.4, 0.5) is 0 Å². The summed E-state index contributed by atoms with van der Waals surface area (Å²) in [6.07, 6.45) is 3.43. The zero-order chi connectivity index (χ0) is 11.8. The molecule has 2 N–H and O–H groups in total. The van der Waals surface area contributed by atoms with Crippen LogP contribution >= 0.6 is 0 Å². The van der Waals surface area contributed by atoms with Crippen molar-refractivity contribution in [3.63, 3.8) is 0 Å². The van der Waals surface area contributed by atoms with E-state index in [0.717, 1.165) is 45.4 Å². The number of amides is 1. The fourth-order valence-corrected chi connectivity index (χ4v) is 1.68. The van der Waals surface area contributed by atoms with Gasteiger partial charge in [-0.15, -0.1) is 0 Å². The molecule has 0 atom stereocenters. The monoisotopic (exact) mass is 227 g/mol. The minimum Gasteiger partial charge on any atom is -0.352 e. The maximum absolute atomic E-state index is 11.3. The Labute approximate surface area is 98.8 Å². The van der Waals surface area contributed by atoms with E-state index in [9.17, 15) is 4.79 Å². The summed E-state index contributed by atoms with van der Waals surface area (Å²) < 4.78 is 0. The first-order valence-electron chi connectivity index (χ1n) is 6.48. The van der Waals surface area contributed by atoms with Gasteiger partial charge in [0, 0.05) is 6.04 Å². The summed E-state index contributed by atoms with van der Waals surface area (Å²) in [7, 11) is 0. The van der Waals surface area contributed by atoms with Crippen LogP contribution in [0.15, 0.2) is 0 Å². The number of rotatable bonds is 9. The Hall–Kier alpha value is -0.610. The SMILES string of the molecule is CCN(CC)CCCNCC(=O)NC1CC1. The van der Waals surface area contributed by atoms with Crippen LogP contribution in [0.3, 0.4) is 0 Å². The average Bonchev–Trinajstić information content (AvgIpc) is 3.07. The van der Waals surface area contributed by atoms with Gasteiger partial charge in [-0.05, 0) is 45.4 Å². The molecule has 0 aliphatic heterocycles. The number of hydrogen-bond acceptors (Lipinski definition) is 3. The maximum Gasteiger partial charge on any atom is 0.234 e. The number of carbonyl (C=O) groups excluding carboxylic acids is 1. The van der Waals surface area contributed by atoms with Crippen LogP contribution in [0.1, 0.15) is 33.1 Å². The van der Waals surface area contributed by atoms with Gasteiger partial charge in [-0.3, -0.25) is 4.79 Å². The molecule has 1 saturated carbocycles. The first kappa shape index (κ1) is 13.5. The van der Waals surface area contributed by atoms with Gasteiger partial charge in [0.25, 0.3) is 0 Å². The molecule has 1 fully saturated rings. The third kappa shape index (κ3) is 6.08. The zero-order valence-corrected chi connectivity index (χ0v) is 10.6. The Balaban J connectivity index is 1.88. The van der Waals surface area contributed by atoms with Crippen LogP contribution in [-0.2, 0) is 4.79 Å². The third-order valence-electron chi connectivity index (χ3n) is 2.95. The molecule has 1 aliphatic rings. The molecule has 0 aromatic heterocycles. The second kappa shape index (κ2) is 7.63. The Morgan fingerprint density at radius 1 is 1.31 bits per heavy atom. The van der Waals surface area contributed by atoms with Crippen LogP contribution in [0, 0.1) is 0 Å². The third-order valence-corrected chi connectivity index (χ3v) is 2.95. The van der Waals surface area contributed by atoms with E-state index < -0.39 is 0 Å². The largest absolute Gasteiger partial charge is 0.352 e. The van der Waals surface area contributed by atoms with E-state index in [-0.39, 0.29) is 5.91 Å². The number of nitrogens with one attached hydrogen (secondary N) is 2. The average molecular weight is 227 g/mol. The topological polar surface area (TPSA) is 44.4 Å². The summed E-state index contributed by atoms with van der Waals surface area (Å²) in [5.74, 6) is 0.144. The predicted octanol–water partition coefficient (Wildman–Crippen LogP) is 0.587. The van der Waals surface area contributed by atoms with Crippen molar-refractivity contribution in [1.82, 2.24) is 15.5 Å².